The smallest absolute Gasteiger partial charge is 0.321 e. The summed E-state index contributed by atoms with van der Waals surface area (Å²) in [5.74, 6) is -0.339. The quantitative estimate of drug-likeness (QED) is 0.0703. The van der Waals surface area contributed by atoms with E-state index in [2.05, 4.69) is 52.0 Å². The number of ether oxygens (including phenoxy) is 2. The third kappa shape index (κ3) is 16.6. The van der Waals surface area contributed by atoms with E-state index < -0.39 is 0 Å². The van der Waals surface area contributed by atoms with Gasteiger partial charge in [0.1, 0.15) is 0 Å². The number of halogens is 4. The van der Waals surface area contributed by atoms with E-state index in [1.54, 1.807) is 48.5 Å². The van der Waals surface area contributed by atoms with Gasteiger partial charge in [-0.15, -0.1) is 23.2 Å². The summed E-state index contributed by atoms with van der Waals surface area (Å²) in [6.45, 7) is 3.28. The van der Waals surface area contributed by atoms with E-state index in [0.29, 0.717) is 53.8 Å². The predicted octanol–water partition coefficient (Wildman–Crippen LogP) is 10.8. The van der Waals surface area contributed by atoms with Crippen LogP contribution < -0.4 is 10.6 Å². The van der Waals surface area contributed by atoms with Crippen LogP contribution in [-0.2, 0) is 34.7 Å². The van der Waals surface area contributed by atoms with Gasteiger partial charge in [0.15, 0.2) is 0 Å². The molecular formula is C45H52Cl4N4O6. The molecule has 0 saturated carbocycles. The maximum absolute atomic E-state index is 12.9. The van der Waals surface area contributed by atoms with Crippen molar-refractivity contribution in [3.63, 3.8) is 0 Å². The Bertz CT molecular complexity index is 1890. The van der Waals surface area contributed by atoms with Crippen molar-refractivity contribution in [1.29, 1.82) is 0 Å². The van der Waals surface area contributed by atoms with Gasteiger partial charge in [-0.05, 0) is 105 Å². The first-order valence-electron chi connectivity index (χ1n) is 19.3. The van der Waals surface area contributed by atoms with Gasteiger partial charge in [-0.3, -0.25) is 9.59 Å². The van der Waals surface area contributed by atoms with Gasteiger partial charge in [0.2, 0.25) is 6.08 Å². The van der Waals surface area contributed by atoms with E-state index in [1.807, 2.05) is 29.2 Å². The summed E-state index contributed by atoms with van der Waals surface area (Å²) < 4.78 is 9.61. The van der Waals surface area contributed by atoms with Crippen LogP contribution in [0.2, 0.25) is 10.0 Å². The predicted molar refractivity (Wildman–Crippen MR) is 238 cm³/mol. The van der Waals surface area contributed by atoms with Crippen molar-refractivity contribution in [2.75, 3.05) is 51.1 Å². The van der Waals surface area contributed by atoms with E-state index in [-0.39, 0.29) is 34.1 Å². The summed E-state index contributed by atoms with van der Waals surface area (Å²) in [7, 11) is 2.86. The van der Waals surface area contributed by atoms with Crippen molar-refractivity contribution in [2.24, 2.45) is 4.99 Å². The highest BCUT2D eigenvalue weighted by molar-refractivity contribution is 6.40. The normalized spacial score (nSPS) is 18.0. The second-order valence-electron chi connectivity index (χ2n) is 14.0. The monoisotopic (exact) mass is 884 g/mol. The molecule has 2 fully saturated rings. The minimum absolute atomic E-state index is 0.0910. The largest absolute Gasteiger partial charge is 0.469 e. The Hall–Kier alpha value is -4.41. The highest BCUT2D eigenvalue weighted by atomic mass is 35.5. The molecule has 59 heavy (non-hydrogen) atoms. The van der Waals surface area contributed by atoms with Crippen LogP contribution in [0.3, 0.4) is 0 Å². The molecule has 2 atom stereocenters. The molecular weight excluding hydrogens is 834 g/mol. The number of esters is 2. The lowest BCUT2D eigenvalue weighted by Crippen LogP contribution is -2.50. The van der Waals surface area contributed by atoms with Gasteiger partial charge in [0.25, 0.3) is 0 Å². The summed E-state index contributed by atoms with van der Waals surface area (Å²) in [5.41, 5.74) is 3.60. The molecule has 0 radical (unpaired) electrons. The molecule has 2 unspecified atom stereocenters. The van der Waals surface area contributed by atoms with Crippen LogP contribution in [0.1, 0.15) is 62.5 Å². The Balaban J connectivity index is 0.000000255. The number of anilines is 1. The molecule has 2 amide bonds. The SMILES string of the molecule is COC(=O)CCC1(c2ccccc2)CCCN(C(=O)Nc2ccc(Cl)cc2)C1.COC(=O)CCC1(c2ccccc2)CCCNC1.ClCCl.O=C=Nc1ccc(Cl)cc1. The lowest BCUT2D eigenvalue weighted by molar-refractivity contribution is -0.142. The van der Waals surface area contributed by atoms with Gasteiger partial charge < -0.3 is 25.0 Å². The van der Waals surface area contributed by atoms with E-state index in [0.717, 1.165) is 50.8 Å². The molecule has 10 nitrogen and oxygen atoms in total. The molecule has 4 aromatic rings. The number of isocyanates is 1. The fourth-order valence-corrected chi connectivity index (χ4v) is 7.49. The Kier molecular flexibility index (Phi) is 22.1. The van der Waals surface area contributed by atoms with Crippen LogP contribution in [0, 0.1) is 0 Å². The summed E-state index contributed by atoms with van der Waals surface area (Å²) in [6.07, 6.45) is 7.88. The number of carbonyl (C=O) groups excluding carboxylic acids is 4. The summed E-state index contributed by atoms with van der Waals surface area (Å²) in [5, 5.41) is 7.86. The van der Waals surface area contributed by atoms with Gasteiger partial charge in [0.05, 0.1) is 25.2 Å². The van der Waals surface area contributed by atoms with Crippen molar-refractivity contribution in [3.05, 3.63) is 130 Å². The Morgan fingerprint density at radius 3 is 1.73 bits per heavy atom. The lowest BCUT2D eigenvalue weighted by atomic mass is 9.71. The Morgan fingerprint density at radius 1 is 0.746 bits per heavy atom. The fourth-order valence-electron chi connectivity index (χ4n) is 7.24. The Labute approximate surface area is 367 Å². The average Bonchev–Trinajstić information content (AvgIpc) is 3.28. The van der Waals surface area contributed by atoms with Crippen LogP contribution in [-0.4, -0.2) is 74.7 Å². The average molecular weight is 887 g/mol. The number of benzene rings is 4. The molecule has 2 N–H and O–H groups in total. The lowest BCUT2D eigenvalue weighted by Gasteiger charge is -2.43. The van der Waals surface area contributed by atoms with Crippen molar-refractivity contribution in [1.82, 2.24) is 10.2 Å². The number of rotatable bonds is 10. The number of hydrogen-bond acceptors (Lipinski definition) is 8. The van der Waals surface area contributed by atoms with Crippen molar-refractivity contribution >= 4 is 81.8 Å². The third-order valence-electron chi connectivity index (χ3n) is 10.3. The number of urea groups is 1. The standard InChI is InChI=1S/C22H25ClN2O3.C15H21NO2.C7H4ClNO.CH2Cl2/c1-28-20(26)12-14-22(17-6-3-2-4-7-17)13-5-15-25(16-22)21(27)24-19-10-8-18(23)9-11-19;1-18-14(17)8-10-15(9-5-11-16-12-15)13-6-3-2-4-7-13;8-6-1-3-7(4-2-6)9-5-10;2-1-3/h2-4,6-11H,5,12-16H2,1H3,(H,24,27);2-4,6-7,16H,5,8-12H2,1H3;1-4H;1H2. The number of nitrogens with zero attached hydrogens (tertiary/aromatic N) is 2. The van der Waals surface area contributed by atoms with Crippen LogP contribution in [0.5, 0.6) is 0 Å². The zero-order valence-electron chi connectivity index (χ0n) is 33.4. The van der Waals surface area contributed by atoms with Crippen LogP contribution in [0.25, 0.3) is 0 Å². The molecule has 2 aliphatic rings. The fraction of sp³-hybridized carbons (Fsp3) is 0.378. The number of nitrogens with one attached hydrogen (secondary N) is 2. The van der Waals surface area contributed by atoms with Crippen molar-refractivity contribution < 1.29 is 28.7 Å². The minimum Gasteiger partial charge on any atom is -0.469 e. The molecule has 6 rings (SSSR count). The first-order chi connectivity index (χ1) is 28.5. The maximum atomic E-state index is 12.9. The number of likely N-dealkylation sites (tertiary alicyclic amines) is 1. The molecule has 4 aromatic carbocycles. The maximum Gasteiger partial charge on any atom is 0.321 e. The zero-order chi connectivity index (χ0) is 42.9. The van der Waals surface area contributed by atoms with Crippen LogP contribution >= 0.6 is 46.4 Å². The van der Waals surface area contributed by atoms with Gasteiger partial charge in [-0.25, -0.2) is 9.59 Å². The van der Waals surface area contributed by atoms with Crippen LogP contribution in [0.15, 0.2) is 114 Å². The van der Waals surface area contributed by atoms with Crippen molar-refractivity contribution in [3.8, 4) is 0 Å². The summed E-state index contributed by atoms with van der Waals surface area (Å²) >= 11 is 21.0. The minimum atomic E-state index is -0.259. The summed E-state index contributed by atoms with van der Waals surface area (Å²) in [4.78, 5) is 51.0. The van der Waals surface area contributed by atoms with Gasteiger partial charge >= 0.3 is 18.0 Å². The van der Waals surface area contributed by atoms with Crippen molar-refractivity contribution in [2.45, 2.75) is 62.2 Å². The van der Waals surface area contributed by atoms with Gasteiger partial charge in [-0.1, -0.05) is 83.9 Å². The molecule has 2 aliphatic heterocycles. The number of amides is 2. The molecule has 2 heterocycles. The molecule has 316 valence electrons. The highest BCUT2D eigenvalue weighted by Gasteiger charge is 2.39. The zero-order valence-corrected chi connectivity index (χ0v) is 36.5. The number of hydrogen-bond donors (Lipinski definition) is 2. The highest BCUT2D eigenvalue weighted by Crippen LogP contribution is 2.39. The van der Waals surface area contributed by atoms with Crippen LogP contribution in [0.4, 0.5) is 16.2 Å². The molecule has 0 aliphatic carbocycles. The first kappa shape index (κ1) is 49.0. The molecule has 14 heteroatoms. The number of aliphatic imine (C=N–C) groups is 1. The van der Waals surface area contributed by atoms with E-state index >= 15 is 0 Å². The molecule has 0 bridgehead atoms. The summed E-state index contributed by atoms with van der Waals surface area (Å²) in [6, 6.07) is 34.2. The third-order valence-corrected chi connectivity index (χ3v) is 10.8. The van der Waals surface area contributed by atoms with E-state index in [4.69, 9.17) is 55.9 Å². The number of alkyl halides is 2. The van der Waals surface area contributed by atoms with E-state index in [9.17, 15) is 19.2 Å². The Morgan fingerprint density at radius 2 is 1.24 bits per heavy atom. The van der Waals surface area contributed by atoms with E-state index in [1.165, 1.54) is 25.9 Å². The van der Waals surface area contributed by atoms with Gasteiger partial charge in [0, 0.05) is 59.0 Å². The second kappa shape index (κ2) is 26.6. The molecule has 0 spiro atoms. The second-order valence-corrected chi connectivity index (χ2v) is 15.6. The van der Waals surface area contributed by atoms with Gasteiger partial charge in [-0.2, -0.15) is 4.99 Å². The molecule has 0 aromatic heterocycles. The number of carbonyl (C=O) groups is 3. The first-order valence-corrected chi connectivity index (χ1v) is 21.1. The topological polar surface area (TPSA) is 126 Å². The molecule has 2 saturated heterocycles. The number of methoxy groups -OCH3 is 2. The number of piperidine rings is 2.